The first kappa shape index (κ1) is 23.3. The third-order valence-corrected chi connectivity index (χ3v) is 9.15. The summed E-state index contributed by atoms with van der Waals surface area (Å²) in [4.78, 5) is 45.7. The second-order valence-corrected chi connectivity index (χ2v) is 11.2. The zero-order valence-electron chi connectivity index (χ0n) is 19.8. The van der Waals surface area contributed by atoms with Gasteiger partial charge in [-0.15, -0.1) is 11.3 Å². The largest absolute Gasteiger partial charge is 0.352 e. The molecule has 1 spiro atoms. The minimum absolute atomic E-state index is 0.191. The number of hydrogen-bond donors (Lipinski definition) is 0. The van der Waals surface area contributed by atoms with E-state index in [1.807, 2.05) is 28.5 Å². The molecule has 0 unspecified atom stereocenters. The van der Waals surface area contributed by atoms with Crippen molar-refractivity contribution in [3.8, 4) is 0 Å². The van der Waals surface area contributed by atoms with Gasteiger partial charge in [-0.2, -0.15) is 0 Å². The third kappa shape index (κ3) is 2.99. The number of halogens is 2. The Hall–Kier alpha value is -3.87. The van der Waals surface area contributed by atoms with Gasteiger partial charge in [0.1, 0.15) is 17.3 Å². The van der Waals surface area contributed by atoms with Gasteiger partial charge in [-0.05, 0) is 52.9 Å². The Morgan fingerprint density at radius 1 is 0.921 bits per heavy atom. The van der Waals surface area contributed by atoms with Crippen molar-refractivity contribution < 1.29 is 18.8 Å². The highest BCUT2D eigenvalue weighted by atomic mass is 35.5. The number of nitrogens with zero attached hydrogens (tertiary/aromatic N) is 1. The van der Waals surface area contributed by atoms with E-state index in [1.54, 1.807) is 60.7 Å². The minimum atomic E-state index is -1.60. The summed E-state index contributed by atoms with van der Waals surface area (Å²) in [6, 6.07) is 20.0. The number of carbonyl (C=O) groups is 3. The summed E-state index contributed by atoms with van der Waals surface area (Å²) >= 11 is 7.62. The Balaban J connectivity index is 1.56. The molecule has 4 nitrogen and oxygen atoms in total. The molecule has 3 atom stereocenters. The van der Waals surface area contributed by atoms with Gasteiger partial charge in [0.05, 0.1) is 10.9 Å². The van der Waals surface area contributed by atoms with Crippen LogP contribution in [0.4, 0.5) is 10.1 Å². The van der Waals surface area contributed by atoms with Gasteiger partial charge in [0.2, 0.25) is 0 Å². The standard InChI is InChI=1S/C31H19ClFNO3S/c32-19-10-13-23-18(16-19)9-14-25-31(29(36)21-4-1-2-5-22(21)30(31)37)26(17-7-11-20(33)12-8-17)27(34(23)25)28(35)24-6-3-15-38-24/h1-16,25-27H/t25-,26-,27+/m1/s1. The number of anilines is 1. The van der Waals surface area contributed by atoms with Crippen LogP contribution < -0.4 is 4.90 Å². The first-order chi connectivity index (χ1) is 18.4. The zero-order chi connectivity index (χ0) is 26.2. The van der Waals surface area contributed by atoms with E-state index in [4.69, 9.17) is 11.6 Å². The summed E-state index contributed by atoms with van der Waals surface area (Å²) in [6.45, 7) is 0. The first-order valence-corrected chi connectivity index (χ1v) is 13.5. The lowest BCUT2D eigenvalue weighted by atomic mass is 9.64. The van der Waals surface area contributed by atoms with Crippen molar-refractivity contribution in [3.05, 3.63) is 128 Å². The Labute approximate surface area is 227 Å². The Bertz CT molecular complexity index is 1640. The summed E-state index contributed by atoms with van der Waals surface area (Å²) in [6.07, 6.45) is 3.71. The maximum Gasteiger partial charge on any atom is 0.195 e. The van der Waals surface area contributed by atoms with Crippen LogP contribution >= 0.6 is 22.9 Å². The van der Waals surface area contributed by atoms with Crippen LogP contribution in [0.2, 0.25) is 5.02 Å². The second-order valence-electron chi connectivity index (χ2n) is 9.80. The average molecular weight is 540 g/mol. The zero-order valence-corrected chi connectivity index (χ0v) is 21.4. The van der Waals surface area contributed by atoms with E-state index in [2.05, 4.69) is 0 Å². The summed E-state index contributed by atoms with van der Waals surface area (Å²) in [5.41, 5.74) is 1.18. The molecule has 1 fully saturated rings. The summed E-state index contributed by atoms with van der Waals surface area (Å²) < 4.78 is 14.1. The van der Waals surface area contributed by atoms with Gasteiger partial charge in [-0.1, -0.05) is 66.2 Å². The van der Waals surface area contributed by atoms with E-state index in [0.29, 0.717) is 26.6 Å². The SMILES string of the molecule is O=C(c1cccs1)[C@@H]1[C@@H](c2ccc(F)cc2)C2(C(=O)c3ccccc3C2=O)[C@H]2C=Cc3cc(Cl)ccc3N12. The number of benzene rings is 3. The van der Waals surface area contributed by atoms with Crippen molar-refractivity contribution in [2.75, 3.05) is 4.90 Å². The van der Waals surface area contributed by atoms with Crippen LogP contribution in [0.1, 0.15) is 47.4 Å². The van der Waals surface area contributed by atoms with E-state index < -0.39 is 29.2 Å². The Kier molecular flexibility index (Phi) is 5.09. The topological polar surface area (TPSA) is 54.5 Å². The van der Waals surface area contributed by atoms with Crippen LogP contribution in [0.5, 0.6) is 0 Å². The number of thiophene rings is 1. The van der Waals surface area contributed by atoms with E-state index in [0.717, 1.165) is 11.3 Å². The molecule has 4 aromatic rings. The lowest BCUT2D eigenvalue weighted by molar-refractivity contribution is 0.0666. The fourth-order valence-corrected chi connectivity index (χ4v) is 7.43. The van der Waals surface area contributed by atoms with Crippen molar-refractivity contribution >= 4 is 52.1 Å². The predicted octanol–water partition coefficient (Wildman–Crippen LogP) is 6.86. The highest BCUT2D eigenvalue weighted by Gasteiger charge is 2.71. The van der Waals surface area contributed by atoms with E-state index in [9.17, 15) is 18.8 Å². The summed E-state index contributed by atoms with van der Waals surface area (Å²) in [7, 11) is 0. The average Bonchev–Trinajstić information content (AvgIpc) is 3.62. The van der Waals surface area contributed by atoms with Gasteiger partial charge in [-0.3, -0.25) is 14.4 Å². The van der Waals surface area contributed by atoms with Gasteiger partial charge < -0.3 is 4.90 Å². The molecule has 186 valence electrons. The highest BCUT2D eigenvalue weighted by Crippen LogP contribution is 2.61. The van der Waals surface area contributed by atoms with Gasteiger partial charge in [0.25, 0.3) is 0 Å². The monoisotopic (exact) mass is 539 g/mol. The van der Waals surface area contributed by atoms with Gasteiger partial charge in [0, 0.05) is 27.8 Å². The molecule has 1 saturated heterocycles. The third-order valence-electron chi connectivity index (χ3n) is 8.03. The van der Waals surface area contributed by atoms with E-state index >= 15 is 0 Å². The maximum absolute atomic E-state index is 14.5. The number of hydrogen-bond acceptors (Lipinski definition) is 5. The molecule has 7 heteroatoms. The van der Waals surface area contributed by atoms with Crippen LogP contribution in [0, 0.1) is 11.2 Å². The van der Waals surface area contributed by atoms with Crippen molar-refractivity contribution in [1.82, 2.24) is 0 Å². The van der Waals surface area contributed by atoms with Crippen LogP contribution in [0.15, 0.2) is 90.3 Å². The molecule has 1 aliphatic carbocycles. The normalized spacial score (nSPS) is 22.5. The first-order valence-electron chi connectivity index (χ1n) is 12.2. The quantitative estimate of drug-likeness (QED) is 0.211. The Morgan fingerprint density at radius 2 is 1.63 bits per heavy atom. The molecule has 0 saturated carbocycles. The molecule has 3 heterocycles. The van der Waals surface area contributed by atoms with Gasteiger partial charge in [-0.25, -0.2) is 4.39 Å². The summed E-state index contributed by atoms with van der Waals surface area (Å²) in [5, 5.41) is 2.37. The van der Waals surface area contributed by atoms with Crippen molar-refractivity contribution in [1.29, 1.82) is 0 Å². The molecule has 2 aliphatic heterocycles. The molecule has 3 aliphatic rings. The molecule has 0 radical (unpaired) electrons. The number of Topliss-reactive ketones (excluding diaryl/α,β-unsaturated/α-hetero) is 3. The highest BCUT2D eigenvalue weighted by molar-refractivity contribution is 7.12. The molecule has 0 amide bonds. The molecule has 1 aromatic heterocycles. The smallest absolute Gasteiger partial charge is 0.195 e. The maximum atomic E-state index is 14.5. The molecule has 3 aromatic carbocycles. The van der Waals surface area contributed by atoms with E-state index in [1.165, 1.54) is 23.5 Å². The van der Waals surface area contributed by atoms with Gasteiger partial charge in [0.15, 0.2) is 17.3 Å². The second kappa shape index (κ2) is 8.32. The summed E-state index contributed by atoms with van der Waals surface area (Å²) in [5.74, 6) is -2.12. The number of ketones is 3. The minimum Gasteiger partial charge on any atom is -0.352 e. The van der Waals surface area contributed by atoms with Gasteiger partial charge >= 0.3 is 0 Å². The van der Waals surface area contributed by atoms with Crippen LogP contribution in [0.3, 0.4) is 0 Å². The lowest BCUT2D eigenvalue weighted by Gasteiger charge is -2.37. The fourth-order valence-electron chi connectivity index (χ4n) is 6.56. The van der Waals surface area contributed by atoms with Crippen molar-refractivity contribution in [2.24, 2.45) is 5.41 Å². The molecule has 7 rings (SSSR count). The molecule has 0 N–H and O–H groups in total. The van der Waals surface area contributed by atoms with Crippen LogP contribution in [0.25, 0.3) is 6.08 Å². The molecule has 0 bridgehead atoms. The Morgan fingerprint density at radius 3 is 2.29 bits per heavy atom. The fraction of sp³-hybridized carbons (Fsp3) is 0.129. The number of fused-ring (bicyclic) bond motifs is 5. The number of rotatable bonds is 3. The van der Waals surface area contributed by atoms with Crippen LogP contribution in [-0.4, -0.2) is 29.4 Å². The molecular weight excluding hydrogens is 521 g/mol. The van der Waals surface area contributed by atoms with E-state index in [-0.39, 0.29) is 17.3 Å². The number of carbonyl (C=O) groups excluding carboxylic acids is 3. The van der Waals surface area contributed by atoms with Crippen molar-refractivity contribution in [2.45, 2.75) is 18.0 Å². The van der Waals surface area contributed by atoms with Crippen LogP contribution in [-0.2, 0) is 0 Å². The molecule has 38 heavy (non-hydrogen) atoms. The lowest BCUT2D eigenvalue weighted by Crippen LogP contribution is -2.48. The predicted molar refractivity (Wildman–Crippen MR) is 146 cm³/mol. The molecular formula is C31H19ClFNO3S. The van der Waals surface area contributed by atoms with Crippen molar-refractivity contribution in [3.63, 3.8) is 0 Å².